The van der Waals surface area contributed by atoms with Crippen LogP contribution in [0.25, 0.3) is 11.0 Å². The summed E-state index contributed by atoms with van der Waals surface area (Å²) in [4.78, 5) is 20.3. The molecule has 4 heterocycles. The Morgan fingerprint density at radius 2 is 2.00 bits per heavy atom. The van der Waals surface area contributed by atoms with Gasteiger partial charge < -0.3 is 9.42 Å². The van der Waals surface area contributed by atoms with Crippen LogP contribution in [0.15, 0.2) is 27.5 Å². The van der Waals surface area contributed by atoms with Gasteiger partial charge in [-0.3, -0.25) is 9.36 Å². The maximum Gasteiger partial charge on any atom is 0.256 e. The first-order valence-corrected chi connectivity index (χ1v) is 11.4. The second-order valence-electron chi connectivity index (χ2n) is 9.11. The van der Waals surface area contributed by atoms with Crippen molar-refractivity contribution in [2.45, 2.75) is 64.3 Å². The van der Waals surface area contributed by atoms with Gasteiger partial charge in [0.05, 0.1) is 5.69 Å². The van der Waals surface area contributed by atoms with E-state index in [1.165, 1.54) is 12.1 Å². The fourth-order valence-corrected chi connectivity index (χ4v) is 5.21. The molecule has 2 aliphatic heterocycles. The number of nitrogens with zero attached hydrogens (tertiary/aromatic N) is 4. The highest BCUT2D eigenvalue weighted by Gasteiger charge is 2.26. The Bertz CT molecular complexity index is 1160. The lowest BCUT2D eigenvalue weighted by Crippen LogP contribution is -2.37. The minimum atomic E-state index is -0.303. The van der Waals surface area contributed by atoms with Crippen molar-refractivity contribution in [2.75, 3.05) is 19.6 Å². The summed E-state index contributed by atoms with van der Waals surface area (Å²) < 4.78 is 20.7. The molecule has 6 nitrogen and oxygen atoms in total. The van der Waals surface area contributed by atoms with Gasteiger partial charge in [-0.1, -0.05) is 12.1 Å². The van der Waals surface area contributed by atoms with Gasteiger partial charge >= 0.3 is 0 Å². The van der Waals surface area contributed by atoms with Crippen molar-refractivity contribution in [3.8, 4) is 0 Å². The molecule has 0 aliphatic carbocycles. The molecule has 1 aromatic carbocycles. The average Bonchev–Trinajstić information content (AvgIpc) is 3.18. The number of piperidine rings is 1. The van der Waals surface area contributed by atoms with Gasteiger partial charge in [-0.25, -0.2) is 9.37 Å². The van der Waals surface area contributed by atoms with Gasteiger partial charge in [-0.05, 0) is 64.3 Å². The van der Waals surface area contributed by atoms with Gasteiger partial charge in [-0.2, -0.15) is 0 Å². The van der Waals surface area contributed by atoms with E-state index in [4.69, 9.17) is 9.51 Å². The molecular weight excluding hydrogens is 395 g/mol. The molecule has 1 fully saturated rings. The van der Waals surface area contributed by atoms with Crippen LogP contribution >= 0.6 is 0 Å². The van der Waals surface area contributed by atoms with Crippen LogP contribution in [0.4, 0.5) is 4.39 Å². The standard InChI is InChI=1S/C24H29FN4O2/c1-15-4-3-10-29-23(15)26-16(2)19(24(29)30)9-13-28-11-7-17(8-12-28)22-20-6-5-18(25)14-21(20)31-27-22/h5-6,14-15,17H,3-4,7-13H2,1-2H3. The summed E-state index contributed by atoms with van der Waals surface area (Å²) in [5, 5.41) is 5.15. The summed E-state index contributed by atoms with van der Waals surface area (Å²) in [6.45, 7) is 7.70. The number of hydrogen-bond donors (Lipinski definition) is 0. The van der Waals surface area contributed by atoms with Crippen LogP contribution in [0.2, 0.25) is 0 Å². The summed E-state index contributed by atoms with van der Waals surface area (Å²) >= 11 is 0. The zero-order valence-corrected chi connectivity index (χ0v) is 18.2. The van der Waals surface area contributed by atoms with E-state index in [9.17, 15) is 9.18 Å². The van der Waals surface area contributed by atoms with Crippen molar-refractivity contribution in [2.24, 2.45) is 0 Å². The molecule has 7 heteroatoms. The molecular formula is C24H29FN4O2. The van der Waals surface area contributed by atoms with Crippen LogP contribution in [0.5, 0.6) is 0 Å². The van der Waals surface area contributed by atoms with Gasteiger partial charge in [0.1, 0.15) is 11.6 Å². The molecule has 0 saturated carbocycles. The number of halogens is 1. The van der Waals surface area contributed by atoms with E-state index in [0.29, 0.717) is 17.4 Å². The minimum Gasteiger partial charge on any atom is -0.356 e. The number of likely N-dealkylation sites (tertiary alicyclic amines) is 1. The zero-order chi connectivity index (χ0) is 21.5. The first-order valence-electron chi connectivity index (χ1n) is 11.4. The Balaban J connectivity index is 1.24. The van der Waals surface area contributed by atoms with E-state index in [1.54, 1.807) is 6.07 Å². The second kappa shape index (κ2) is 8.19. The van der Waals surface area contributed by atoms with Crippen LogP contribution in [0.3, 0.4) is 0 Å². The molecule has 0 bridgehead atoms. The highest BCUT2D eigenvalue weighted by atomic mass is 19.1. The molecule has 1 unspecified atom stereocenters. The van der Waals surface area contributed by atoms with Crippen molar-refractivity contribution in [1.82, 2.24) is 19.6 Å². The molecule has 2 aromatic heterocycles. The van der Waals surface area contributed by atoms with Crippen molar-refractivity contribution in [3.63, 3.8) is 0 Å². The third-order valence-corrected chi connectivity index (χ3v) is 7.07. The predicted molar refractivity (Wildman–Crippen MR) is 117 cm³/mol. The largest absolute Gasteiger partial charge is 0.356 e. The average molecular weight is 425 g/mol. The van der Waals surface area contributed by atoms with Crippen LogP contribution in [0.1, 0.15) is 67.2 Å². The Hall–Kier alpha value is -2.54. The lowest BCUT2D eigenvalue weighted by Gasteiger charge is -2.31. The molecule has 0 radical (unpaired) electrons. The van der Waals surface area contributed by atoms with E-state index in [2.05, 4.69) is 17.0 Å². The van der Waals surface area contributed by atoms with Gasteiger partial charge in [0, 0.05) is 47.6 Å². The number of fused-ring (bicyclic) bond motifs is 2. The Kier molecular flexibility index (Phi) is 5.38. The van der Waals surface area contributed by atoms with Gasteiger partial charge in [0.15, 0.2) is 5.58 Å². The second-order valence-corrected chi connectivity index (χ2v) is 9.11. The molecule has 2 aliphatic rings. The molecule has 0 spiro atoms. The fourth-order valence-electron chi connectivity index (χ4n) is 5.21. The zero-order valence-electron chi connectivity index (χ0n) is 18.2. The summed E-state index contributed by atoms with van der Waals surface area (Å²) in [6.07, 6.45) is 4.86. The lowest BCUT2D eigenvalue weighted by atomic mass is 9.91. The molecule has 5 rings (SSSR count). The molecule has 0 amide bonds. The van der Waals surface area contributed by atoms with Gasteiger partial charge in [0.2, 0.25) is 0 Å². The van der Waals surface area contributed by atoms with Crippen LogP contribution in [0, 0.1) is 12.7 Å². The quantitative estimate of drug-likeness (QED) is 0.630. The number of hydrogen-bond acceptors (Lipinski definition) is 5. The van der Waals surface area contributed by atoms with Crippen LogP contribution < -0.4 is 5.56 Å². The monoisotopic (exact) mass is 424 g/mol. The fraction of sp³-hybridized carbons (Fsp3) is 0.542. The number of rotatable bonds is 4. The van der Waals surface area contributed by atoms with Crippen LogP contribution in [-0.4, -0.2) is 39.2 Å². The highest BCUT2D eigenvalue weighted by Crippen LogP contribution is 2.33. The van der Waals surface area contributed by atoms with E-state index in [0.717, 1.165) is 86.4 Å². The summed E-state index contributed by atoms with van der Waals surface area (Å²) in [5.74, 6) is 1.33. The molecule has 0 N–H and O–H groups in total. The molecule has 3 aromatic rings. The topological polar surface area (TPSA) is 64.2 Å². The van der Waals surface area contributed by atoms with Crippen molar-refractivity contribution >= 4 is 11.0 Å². The van der Waals surface area contributed by atoms with Crippen molar-refractivity contribution < 1.29 is 8.91 Å². The highest BCUT2D eigenvalue weighted by molar-refractivity contribution is 5.79. The predicted octanol–water partition coefficient (Wildman–Crippen LogP) is 4.15. The van der Waals surface area contributed by atoms with Gasteiger partial charge in [0.25, 0.3) is 5.56 Å². The maximum atomic E-state index is 13.4. The first kappa shape index (κ1) is 20.4. The minimum absolute atomic E-state index is 0.158. The Morgan fingerprint density at radius 1 is 1.19 bits per heavy atom. The van der Waals surface area contributed by atoms with Gasteiger partial charge in [-0.15, -0.1) is 0 Å². The number of benzene rings is 1. The summed E-state index contributed by atoms with van der Waals surface area (Å²) in [7, 11) is 0. The molecule has 31 heavy (non-hydrogen) atoms. The van der Waals surface area contributed by atoms with Crippen LogP contribution in [-0.2, 0) is 13.0 Å². The van der Waals surface area contributed by atoms with Crippen molar-refractivity contribution in [1.29, 1.82) is 0 Å². The van der Waals surface area contributed by atoms with E-state index in [1.807, 2.05) is 11.5 Å². The molecule has 1 atom stereocenters. The lowest BCUT2D eigenvalue weighted by molar-refractivity contribution is 0.211. The van der Waals surface area contributed by atoms with Crippen molar-refractivity contribution in [3.05, 3.63) is 57.1 Å². The third-order valence-electron chi connectivity index (χ3n) is 7.07. The van der Waals surface area contributed by atoms with E-state index < -0.39 is 0 Å². The number of aryl methyl sites for hydroxylation is 1. The SMILES string of the molecule is Cc1nc2n(c(=O)c1CCN1CCC(c3noc4cc(F)ccc34)CC1)CCCC2C. The van der Waals surface area contributed by atoms with E-state index >= 15 is 0 Å². The Labute approximate surface area is 181 Å². The maximum absolute atomic E-state index is 13.4. The Morgan fingerprint density at radius 3 is 2.81 bits per heavy atom. The third kappa shape index (κ3) is 3.80. The normalized spacial score (nSPS) is 20.3. The molecule has 1 saturated heterocycles. The summed E-state index contributed by atoms with van der Waals surface area (Å²) in [5.41, 5.74) is 3.37. The number of aromatic nitrogens is 3. The van der Waals surface area contributed by atoms with E-state index in [-0.39, 0.29) is 11.4 Å². The summed E-state index contributed by atoms with van der Waals surface area (Å²) in [6, 6.07) is 4.63. The molecule has 164 valence electrons. The smallest absolute Gasteiger partial charge is 0.256 e. The first-order chi connectivity index (χ1) is 15.0.